The Morgan fingerprint density at radius 2 is 2.00 bits per heavy atom. The van der Waals surface area contributed by atoms with Gasteiger partial charge in [-0.2, -0.15) is 0 Å². The van der Waals surface area contributed by atoms with Crippen LogP contribution < -0.4 is 4.74 Å². The monoisotopic (exact) mass is 318 g/mol. The number of benzene rings is 1. The number of carbonyl (C=O) groups excluding carboxylic acids is 1. The molecule has 1 aromatic carbocycles. The lowest BCUT2D eigenvalue weighted by Gasteiger charge is -2.18. The Balaban J connectivity index is 2.74. The van der Waals surface area contributed by atoms with Crippen molar-refractivity contribution in [3.05, 3.63) is 28.2 Å². The molecule has 0 aliphatic heterocycles. The molecule has 0 N–H and O–H groups in total. The molecule has 0 aliphatic rings. The molecule has 0 saturated heterocycles. The van der Waals surface area contributed by atoms with Crippen molar-refractivity contribution >= 4 is 29.2 Å². The van der Waals surface area contributed by atoms with Gasteiger partial charge in [-0.3, -0.25) is 0 Å². The van der Waals surface area contributed by atoms with Crippen LogP contribution in [0.1, 0.15) is 39.5 Å². The first kappa shape index (κ1) is 17.1. The van der Waals surface area contributed by atoms with Crippen LogP contribution in [-0.4, -0.2) is 18.7 Å². The van der Waals surface area contributed by atoms with Gasteiger partial charge < -0.3 is 9.47 Å². The first-order valence-corrected chi connectivity index (χ1v) is 7.62. The summed E-state index contributed by atoms with van der Waals surface area (Å²) in [6.07, 6.45) is 3.03. The summed E-state index contributed by atoms with van der Waals surface area (Å²) in [6, 6.07) is 4.93. The minimum Gasteiger partial charge on any atom is -0.477 e. The second-order valence-corrected chi connectivity index (χ2v) is 5.27. The third-order valence-electron chi connectivity index (χ3n) is 2.78. The van der Waals surface area contributed by atoms with Crippen molar-refractivity contribution in [2.75, 3.05) is 6.61 Å². The van der Waals surface area contributed by atoms with Crippen molar-refractivity contribution in [1.29, 1.82) is 0 Å². The molecule has 0 unspecified atom stereocenters. The third-order valence-corrected chi connectivity index (χ3v) is 3.31. The van der Waals surface area contributed by atoms with Gasteiger partial charge in [0, 0.05) is 5.02 Å². The lowest BCUT2D eigenvalue weighted by atomic mass is 10.1. The van der Waals surface area contributed by atoms with Crippen LogP contribution in [0.2, 0.25) is 10.0 Å². The predicted molar refractivity (Wildman–Crippen MR) is 81.7 cm³/mol. The highest BCUT2D eigenvalue weighted by molar-refractivity contribution is 6.35. The summed E-state index contributed by atoms with van der Waals surface area (Å²) in [4.78, 5) is 11.9. The van der Waals surface area contributed by atoms with E-state index in [1.165, 1.54) is 0 Å². The quantitative estimate of drug-likeness (QED) is 0.506. The van der Waals surface area contributed by atoms with Crippen LogP contribution in [0.25, 0.3) is 0 Å². The largest absolute Gasteiger partial charge is 0.477 e. The predicted octanol–water partition coefficient (Wildman–Crippen LogP) is 4.88. The molecule has 0 bridgehead atoms. The van der Waals surface area contributed by atoms with Crippen molar-refractivity contribution in [3.63, 3.8) is 0 Å². The van der Waals surface area contributed by atoms with Crippen LogP contribution in [0.4, 0.5) is 0 Å². The van der Waals surface area contributed by atoms with E-state index in [2.05, 4.69) is 6.92 Å². The van der Waals surface area contributed by atoms with Crippen LogP contribution in [0.3, 0.4) is 0 Å². The maximum atomic E-state index is 11.9. The molecular formula is C15H20Cl2O3. The Morgan fingerprint density at radius 1 is 1.25 bits per heavy atom. The van der Waals surface area contributed by atoms with Crippen molar-refractivity contribution in [2.24, 2.45) is 0 Å². The van der Waals surface area contributed by atoms with Gasteiger partial charge in [0.05, 0.1) is 11.6 Å². The number of carbonyl (C=O) groups is 1. The van der Waals surface area contributed by atoms with Crippen LogP contribution in [-0.2, 0) is 9.53 Å². The number of ether oxygens (including phenoxy) is 2. The molecule has 1 rings (SSSR count). The van der Waals surface area contributed by atoms with Gasteiger partial charge in [0.25, 0.3) is 0 Å². The SMILES string of the molecule is CCCCC[C@@H](Oc1ccc(Cl)cc1Cl)C(=O)OCC. The van der Waals surface area contributed by atoms with E-state index in [4.69, 9.17) is 32.7 Å². The Bertz CT molecular complexity index is 435. The van der Waals surface area contributed by atoms with E-state index < -0.39 is 6.10 Å². The van der Waals surface area contributed by atoms with Gasteiger partial charge in [0.1, 0.15) is 5.75 Å². The number of esters is 1. The zero-order valence-corrected chi connectivity index (χ0v) is 13.3. The normalized spacial score (nSPS) is 12.0. The van der Waals surface area contributed by atoms with Crippen LogP contribution in [0.5, 0.6) is 5.75 Å². The lowest BCUT2D eigenvalue weighted by molar-refractivity contribution is -0.151. The topological polar surface area (TPSA) is 35.5 Å². The third kappa shape index (κ3) is 5.59. The van der Waals surface area contributed by atoms with Crippen molar-refractivity contribution < 1.29 is 14.3 Å². The van der Waals surface area contributed by atoms with Crippen molar-refractivity contribution in [1.82, 2.24) is 0 Å². The fourth-order valence-electron chi connectivity index (χ4n) is 1.76. The number of hydrogen-bond donors (Lipinski definition) is 0. The van der Waals surface area contributed by atoms with E-state index in [0.29, 0.717) is 28.8 Å². The van der Waals surface area contributed by atoms with Gasteiger partial charge in [0.2, 0.25) is 0 Å². The Hall–Kier alpha value is -0.930. The molecule has 0 saturated carbocycles. The van der Waals surface area contributed by atoms with E-state index in [0.717, 1.165) is 19.3 Å². The molecule has 0 fully saturated rings. The summed E-state index contributed by atoms with van der Waals surface area (Å²) < 4.78 is 10.7. The van der Waals surface area contributed by atoms with Gasteiger partial charge in [0.15, 0.2) is 6.10 Å². The summed E-state index contributed by atoms with van der Waals surface area (Å²) in [5.74, 6) is 0.0974. The number of rotatable bonds is 8. The zero-order chi connectivity index (χ0) is 15.0. The highest BCUT2D eigenvalue weighted by Crippen LogP contribution is 2.29. The molecule has 3 nitrogen and oxygen atoms in total. The Morgan fingerprint density at radius 3 is 2.60 bits per heavy atom. The molecule has 1 atom stereocenters. The van der Waals surface area contributed by atoms with Crippen LogP contribution in [0.15, 0.2) is 18.2 Å². The highest BCUT2D eigenvalue weighted by Gasteiger charge is 2.22. The maximum Gasteiger partial charge on any atom is 0.347 e. The summed E-state index contributed by atoms with van der Waals surface area (Å²) >= 11 is 11.9. The summed E-state index contributed by atoms with van der Waals surface area (Å²) in [6.45, 7) is 4.22. The molecule has 5 heteroatoms. The first-order valence-electron chi connectivity index (χ1n) is 6.86. The molecule has 112 valence electrons. The fourth-order valence-corrected chi connectivity index (χ4v) is 2.22. The molecule has 0 amide bonds. The van der Waals surface area contributed by atoms with Crippen LogP contribution >= 0.6 is 23.2 Å². The molecule has 0 heterocycles. The van der Waals surface area contributed by atoms with E-state index in [1.54, 1.807) is 25.1 Å². The molecular weight excluding hydrogens is 299 g/mol. The van der Waals surface area contributed by atoms with Gasteiger partial charge in [-0.25, -0.2) is 4.79 Å². The Labute approximate surface area is 130 Å². The zero-order valence-electron chi connectivity index (χ0n) is 11.8. The maximum absolute atomic E-state index is 11.9. The van der Waals surface area contributed by atoms with Crippen molar-refractivity contribution in [3.8, 4) is 5.75 Å². The second-order valence-electron chi connectivity index (χ2n) is 4.43. The van der Waals surface area contributed by atoms with Crippen molar-refractivity contribution in [2.45, 2.75) is 45.6 Å². The van der Waals surface area contributed by atoms with E-state index in [1.807, 2.05) is 0 Å². The summed E-state index contributed by atoms with van der Waals surface area (Å²) in [5.41, 5.74) is 0. The molecule has 0 aromatic heterocycles. The average Bonchev–Trinajstić information content (AvgIpc) is 2.40. The number of unbranched alkanes of at least 4 members (excludes halogenated alkanes) is 2. The lowest BCUT2D eigenvalue weighted by Crippen LogP contribution is -2.29. The van der Waals surface area contributed by atoms with Gasteiger partial charge >= 0.3 is 5.97 Å². The van der Waals surface area contributed by atoms with Gasteiger partial charge in [-0.15, -0.1) is 0 Å². The number of hydrogen-bond acceptors (Lipinski definition) is 3. The molecule has 0 aliphatic carbocycles. The molecule has 0 radical (unpaired) electrons. The van der Waals surface area contributed by atoms with E-state index in [-0.39, 0.29) is 5.97 Å². The Kier molecular flexibility index (Phi) is 7.78. The van der Waals surface area contributed by atoms with E-state index >= 15 is 0 Å². The standard InChI is InChI=1S/C15H20Cl2O3/c1-3-5-6-7-14(15(18)19-4-2)20-13-9-8-11(16)10-12(13)17/h8-10,14H,3-7H2,1-2H3/t14-/m1/s1. The smallest absolute Gasteiger partial charge is 0.347 e. The van der Waals surface area contributed by atoms with Gasteiger partial charge in [-0.1, -0.05) is 43.0 Å². The summed E-state index contributed by atoms with van der Waals surface area (Å²) in [7, 11) is 0. The average molecular weight is 319 g/mol. The molecule has 20 heavy (non-hydrogen) atoms. The molecule has 0 spiro atoms. The minimum absolute atomic E-state index is 0.334. The first-order chi connectivity index (χ1) is 9.58. The highest BCUT2D eigenvalue weighted by atomic mass is 35.5. The summed E-state index contributed by atoms with van der Waals surface area (Å²) in [5, 5.41) is 0.920. The van der Waals surface area contributed by atoms with Crippen LogP contribution in [0, 0.1) is 0 Å². The molecule has 1 aromatic rings. The second kappa shape index (κ2) is 9.09. The fraction of sp³-hybridized carbons (Fsp3) is 0.533. The van der Waals surface area contributed by atoms with E-state index in [9.17, 15) is 4.79 Å². The number of halogens is 2. The van der Waals surface area contributed by atoms with Gasteiger partial charge in [-0.05, 0) is 38.0 Å². The minimum atomic E-state index is -0.625.